The van der Waals surface area contributed by atoms with Gasteiger partial charge in [-0.05, 0) is 57.2 Å². The number of carbonyl (C=O) groups excluding carboxylic acids is 1. The third-order valence-corrected chi connectivity index (χ3v) is 9.80. The Morgan fingerprint density at radius 2 is 1.06 bits per heavy atom. The Bertz CT molecular complexity index is 888. The molecule has 0 fully saturated rings. The van der Waals surface area contributed by atoms with E-state index in [4.69, 9.17) is 14.2 Å². The molecule has 0 amide bonds. The molecule has 3 aromatic rings. The fourth-order valence-electron chi connectivity index (χ4n) is 3.95. The van der Waals surface area contributed by atoms with E-state index in [0.29, 0.717) is 26.4 Å². The summed E-state index contributed by atoms with van der Waals surface area (Å²) in [6, 6.07) is 32.4. The molecule has 0 unspecified atom stereocenters. The molecule has 0 saturated carbocycles. The van der Waals surface area contributed by atoms with Crippen molar-refractivity contribution in [1.82, 2.24) is 0 Å². The zero-order valence-electron chi connectivity index (χ0n) is 20.5. The first-order valence-electron chi connectivity index (χ1n) is 11.8. The summed E-state index contributed by atoms with van der Waals surface area (Å²) in [4.78, 5) is 11.8. The summed E-state index contributed by atoms with van der Waals surface area (Å²) in [6.07, 6.45) is 1.16. The Balaban J connectivity index is 1.62. The van der Waals surface area contributed by atoms with Crippen LogP contribution < -0.4 is 15.9 Å². The minimum absolute atomic E-state index is 0.239. The fourth-order valence-corrected chi connectivity index (χ4v) is 8.07. The highest BCUT2D eigenvalue weighted by molar-refractivity contribution is 7.95. The SMILES string of the molecule is CC(C)(C)OC(=O)CCOCCOCC[P+](c1ccccc1)(c1ccccc1)c1ccccc1. The van der Waals surface area contributed by atoms with E-state index < -0.39 is 12.9 Å². The molecular weight excluding hydrogens is 443 g/mol. The van der Waals surface area contributed by atoms with E-state index in [1.54, 1.807) is 0 Å². The van der Waals surface area contributed by atoms with Crippen LogP contribution in [0.25, 0.3) is 0 Å². The lowest BCUT2D eigenvalue weighted by molar-refractivity contribution is -0.156. The Hall–Kier alpha value is -2.52. The summed E-state index contributed by atoms with van der Waals surface area (Å²) in [5.74, 6) is -0.239. The molecule has 0 radical (unpaired) electrons. The van der Waals surface area contributed by atoms with Crippen LogP contribution in [0.15, 0.2) is 91.0 Å². The average Bonchev–Trinajstić information content (AvgIpc) is 2.84. The van der Waals surface area contributed by atoms with Crippen molar-refractivity contribution in [2.75, 3.05) is 32.6 Å². The Morgan fingerprint density at radius 3 is 1.47 bits per heavy atom. The largest absolute Gasteiger partial charge is 0.460 e. The first-order valence-corrected chi connectivity index (χ1v) is 13.8. The molecule has 0 aliphatic heterocycles. The number of carbonyl (C=O) groups is 1. The maximum Gasteiger partial charge on any atom is 0.308 e. The van der Waals surface area contributed by atoms with Crippen LogP contribution >= 0.6 is 7.26 Å². The number of esters is 1. The van der Waals surface area contributed by atoms with Gasteiger partial charge in [-0.2, -0.15) is 0 Å². The lowest BCUT2D eigenvalue weighted by atomic mass is 10.2. The molecule has 0 saturated heterocycles. The van der Waals surface area contributed by atoms with Gasteiger partial charge in [-0.15, -0.1) is 0 Å². The minimum atomic E-state index is -1.87. The van der Waals surface area contributed by atoms with E-state index in [-0.39, 0.29) is 12.4 Å². The highest BCUT2D eigenvalue weighted by Gasteiger charge is 2.44. The number of hydrogen-bond donors (Lipinski definition) is 0. The molecule has 0 aliphatic carbocycles. The summed E-state index contributed by atoms with van der Waals surface area (Å²) in [5, 5.41) is 4.05. The monoisotopic (exact) mass is 479 g/mol. The normalized spacial score (nSPS) is 11.9. The maximum atomic E-state index is 11.8. The Kier molecular flexibility index (Phi) is 9.83. The first kappa shape index (κ1) is 26.1. The smallest absolute Gasteiger partial charge is 0.308 e. The molecule has 3 rings (SSSR count). The number of hydrogen-bond acceptors (Lipinski definition) is 4. The van der Waals surface area contributed by atoms with E-state index in [9.17, 15) is 4.79 Å². The van der Waals surface area contributed by atoms with Crippen molar-refractivity contribution in [3.63, 3.8) is 0 Å². The molecule has 4 nitrogen and oxygen atoms in total. The molecule has 0 spiro atoms. The van der Waals surface area contributed by atoms with Crippen LogP contribution in [0.2, 0.25) is 0 Å². The summed E-state index contributed by atoms with van der Waals surface area (Å²) >= 11 is 0. The Labute approximate surface area is 204 Å². The highest BCUT2D eigenvalue weighted by Crippen LogP contribution is 2.54. The first-order chi connectivity index (χ1) is 16.4. The van der Waals surface area contributed by atoms with Crippen molar-refractivity contribution in [2.45, 2.75) is 32.8 Å². The number of benzene rings is 3. The van der Waals surface area contributed by atoms with Gasteiger partial charge in [-0.3, -0.25) is 4.79 Å². The van der Waals surface area contributed by atoms with Crippen molar-refractivity contribution in [1.29, 1.82) is 0 Å². The van der Waals surface area contributed by atoms with E-state index in [0.717, 1.165) is 6.16 Å². The Morgan fingerprint density at radius 1 is 0.647 bits per heavy atom. The quantitative estimate of drug-likeness (QED) is 0.214. The summed E-state index contributed by atoms with van der Waals surface area (Å²) in [6.45, 7) is 7.51. The molecular formula is C29H36O4P+. The van der Waals surface area contributed by atoms with Crippen molar-refractivity contribution >= 4 is 29.1 Å². The summed E-state index contributed by atoms with van der Waals surface area (Å²) < 4.78 is 16.9. The predicted molar refractivity (Wildman–Crippen MR) is 142 cm³/mol. The lowest BCUT2D eigenvalue weighted by Gasteiger charge is -2.27. The van der Waals surface area contributed by atoms with Gasteiger partial charge < -0.3 is 14.2 Å². The van der Waals surface area contributed by atoms with Gasteiger partial charge in [0.05, 0.1) is 39.0 Å². The zero-order valence-corrected chi connectivity index (χ0v) is 21.4. The molecule has 0 bridgehead atoms. The molecule has 180 valence electrons. The lowest BCUT2D eigenvalue weighted by Crippen LogP contribution is -2.34. The fraction of sp³-hybridized carbons (Fsp3) is 0.345. The zero-order chi connectivity index (χ0) is 24.3. The maximum absolute atomic E-state index is 11.8. The second kappa shape index (κ2) is 12.8. The van der Waals surface area contributed by atoms with Gasteiger partial charge in [0, 0.05) is 0 Å². The molecule has 0 aliphatic rings. The van der Waals surface area contributed by atoms with Gasteiger partial charge in [0.2, 0.25) is 0 Å². The average molecular weight is 480 g/mol. The molecule has 0 atom stereocenters. The second-order valence-electron chi connectivity index (χ2n) is 9.10. The van der Waals surface area contributed by atoms with Gasteiger partial charge in [0.25, 0.3) is 0 Å². The highest BCUT2D eigenvalue weighted by atomic mass is 31.2. The molecule has 5 heteroatoms. The topological polar surface area (TPSA) is 44.8 Å². The molecule has 0 heterocycles. The van der Waals surface area contributed by atoms with Crippen molar-refractivity contribution < 1.29 is 19.0 Å². The van der Waals surface area contributed by atoms with Gasteiger partial charge >= 0.3 is 5.97 Å². The van der Waals surface area contributed by atoms with Crippen molar-refractivity contribution in [2.24, 2.45) is 0 Å². The van der Waals surface area contributed by atoms with Crippen LogP contribution in [0, 0.1) is 0 Å². The van der Waals surface area contributed by atoms with Crippen molar-refractivity contribution in [3.05, 3.63) is 91.0 Å². The summed E-state index contributed by atoms with van der Waals surface area (Å²) in [5.41, 5.74) is -0.466. The molecule has 0 N–H and O–H groups in total. The van der Waals surface area contributed by atoms with Crippen LogP contribution in [0.3, 0.4) is 0 Å². The van der Waals surface area contributed by atoms with Crippen LogP contribution in [0.1, 0.15) is 27.2 Å². The van der Waals surface area contributed by atoms with Gasteiger partial charge in [-0.1, -0.05) is 54.6 Å². The van der Waals surface area contributed by atoms with E-state index in [1.165, 1.54) is 15.9 Å². The number of rotatable bonds is 12. The van der Waals surface area contributed by atoms with Crippen LogP contribution in [0.5, 0.6) is 0 Å². The third kappa shape index (κ3) is 7.50. The van der Waals surface area contributed by atoms with E-state index >= 15 is 0 Å². The van der Waals surface area contributed by atoms with Crippen LogP contribution in [-0.4, -0.2) is 44.2 Å². The van der Waals surface area contributed by atoms with Gasteiger partial charge in [0.15, 0.2) is 0 Å². The molecule has 0 aromatic heterocycles. The number of ether oxygens (including phenoxy) is 3. The van der Waals surface area contributed by atoms with Crippen LogP contribution in [0.4, 0.5) is 0 Å². The van der Waals surface area contributed by atoms with Gasteiger partial charge in [0.1, 0.15) is 28.8 Å². The van der Waals surface area contributed by atoms with E-state index in [1.807, 2.05) is 20.8 Å². The van der Waals surface area contributed by atoms with Gasteiger partial charge in [-0.25, -0.2) is 0 Å². The second-order valence-corrected chi connectivity index (χ2v) is 12.7. The van der Waals surface area contributed by atoms with Crippen LogP contribution in [-0.2, 0) is 19.0 Å². The van der Waals surface area contributed by atoms with E-state index in [2.05, 4.69) is 91.0 Å². The predicted octanol–water partition coefficient (Wildman–Crippen LogP) is 4.75. The minimum Gasteiger partial charge on any atom is -0.460 e. The van der Waals surface area contributed by atoms with Crippen molar-refractivity contribution in [3.8, 4) is 0 Å². The third-order valence-electron chi connectivity index (χ3n) is 5.40. The molecule has 3 aromatic carbocycles. The standard InChI is InChI=1S/C29H36O4P/c1-29(2,3)33-28(30)19-20-31-21-22-32-23-24-34(25-13-7-4-8-14-25,26-15-9-5-10-16-26)27-17-11-6-12-18-27/h4-18H,19-24H2,1-3H3/q+1. The molecule has 34 heavy (non-hydrogen) atoms. The summed E-state index contributed by atoms with van der Waals surface area (Å²) in [7, 11) is -1.87.